The van der Waals surface area contributed by atoms with Crippen LogP contribution in [0.4, 0.5) is 4.39 Å². The van der Waals surface area contributed by atoms with Crippen molar-refractivity contribution < 1.29 is 12.8 Å². The average molecular weight is 393 g/mol. The van der Waals surface area contributed by atoms with Crippen molar-refractivity contribution in [3.63, 3.8) is 0 Å². The Kier molecular flexibility index (Phi) is 4.10. The first-order chi connectivity index (χ1) is 12.3. The van der Waals surface area contributed by atoms with Crippen LogP contribution in [0.25, 0.3) is 10.9 Å². The van der Waals surface area contributed by atoms with Gasteiger partial charge in [0.1, 0.15) is 5.82 Å². The maximum Gasteiger partial charge on any atom is 0.240 e. The van der Waals surface area contributed by atoms with E-state index in [2.05, 4.69) is 9.71 Å². The number of nitrogens with one attached hydrogen (secondary N) is 2. The normalized spacial score (nSPS) is 16.1. The van der Waals surface area contributed by atoms with E-state index < -0.39 is 15.8 Å². The minimum atomic E-state index is -3.71. The highest BCUT2D eigenvalue weighted by atomic mass is 35.5. The highest BCUT2D eigenvalue weighted by molar-refractivity contribution is 7.89. The topological polar surface area (TPSA) is 62.0 Å². The number of hydrogen-bond donors (Lipinski definition) is 2. The number of benzene rings is 2. The van der Waals surface area contributed by atoms with Crippen LogP contribution in [-0.2, 0) is 15.4 Å². The van der Waals surface area contributed by atoms with Crippen molar-refractivity contribution in [2.75, 3.05) is 6.54 Å². The monoisotopic (exact) mass is 392 g/mol. The third kappa shape index (κ3) is 3.02. The van der Waals surface area contributed by atoms with Gasteiger partial charge in [0.05, 0.1) is 4.90 Å². The van der Waals surface area contributed by atoms with Crippen LogP contribution in [0.3, 0.4) is 0 Å². The SMILES string of the molecule is Cc1cc(F)ccc1S(=O)(=O)NCC1(c2c[nH]c3ccc(Cl)cc23)CC1. The van der Waals surface area contributed by atoms with Gasteiger partial charge < -0.3 is 4.98 Å². The minimum Gasteiger partial charge on any atom is -0.361 e. The van der Waals surface area contributed by atoms with Crippen LogP contribution in [0.15, 0.2) is 47.5 Å². The molecule has 4 nitrogen and oxygen atoms in total. The van der Waals surface area contributed by atoms with Crippen LogP contribution >= 0.6 is 11.6 Å². The van der Waals surface area contributed by atoms with Crippen LogP contribution in [0, 0.1) is 12.7 Å². The molecule has 0 unspecified atom stereocenters. The van der Waals surface area contributed by atoms with E-state index in [-0.39, 0.29) is 10.3 Å². The molecule has 0 bridgehead atoms. The van der Waals surface area contributed by atoms with Crippen LogP contribution < -0.4 is 4.72 Å². The van der Waals surface area contributed by atoms with Gasteiger partial charge in [0.25, 0.3) is 0 Å². The smallest absolute Gasteiger partial charge is 0.240 e. The third-order valence-electron chi connectivity index (χ3n) is 5.10. The highest BCUT2D eigenvalue weighted by Gasteiger charge is 2.46. The van der Waals surface area contributed by atoms with Crippen molar-refractivity contribution in [2.24, 2.45) is 0 Å². The van der Waals surface area contributed by atoms with Crippen LogP contribution in [0.1, 0.15) is 24.0 Å². The van der Waals surface area contributed by atoms with E-state index in [0.29, 0.717) is 17.1 Å². The van der Waals surface area contributed by atoms with Crippen molar-refractivity contribution in [1.82, 2.24) is 9.71 Å². The Bertz CT molecular complexity index is 1100. The Morgan fingerprint density at radius 3 is 2.69 bits per heavy atom. The lowest BCUT2D eigenvalue weighted by molar-refractivity contribution is 0.566. The second-order valence-electron chi connectivity index (χ2n) is 6.91. The fourth-order valence-electron chi connectivity index (χ4n) is 3.45. The number of H-pyrrole nitrogens is 1. The number of fused-ring (bicyclic) bond motifs is 1. The Hall–Kier alpha value is -1.89. The van der Waals surface area contributed by atoms with Gasteiger partial charge >= 0.3 is 0 Å². The average Bonchev–Trinajstić information content (AvgIpc) is 3.25. The zero-order valence-corrected chi connectivity index (χ0v) is 15.7. The van der Waals surface area contributed by atoms with Gasteiger partial charge in [-0.1, -0.05) is 11.6 Å². The van der Waals surface area contributed by atoms with Crippen molar-refractivity contribution in [1.29, 1.82) is 0 Å². The summed E-state index contributed by atoms with van der Waals surface area (Å²) in [5.41, 5.74) is 2.21. The number of aryl methyl sites for hydroxylation is 1. The molecule has 1 aromatic heterocycles. The number of aromatic amines is 1. The quantitative estimate of drug-likeness (QED) is 0.680. The van der Waals surface area contributed by atoms with Crippen LogP contribution in [0.2, 0.25) is 5.02 Å². The molecule has 0 saturated heterocycles. The van der Waals surface area contributed by atoms with Gasteiger partial charge in [-0.05, 0) is 67.3 Å². The molecule has 136 valence electrons. The van der Waals surface area contributed by atoms with Gasteiger partial charge in [-0.25, -0.2) is 17.5 Å². The summed E-state index contributed by atoms with van der Waals surface area (Å²) in [5, 5.41) is 1.67. The first kappa shape index (κ1) is 17.5. The van der Waals surface area contributed by atoms with E-state index in [0.717, 1.165) is 35.4 Å². The van der Waals surface area contributed by atoms with E-state index in [1.807, 2.05) is 24.4 Å². The van der Waals surface area contributed by atoms with E-state index in [1.165, 1.54) is 12.1 Å². The first-order valence-electron chi connectivity index (χ1n) is 8.34. The second-order valence-corrected chi connectivity index (χ2v) is 9.08. The second kappa shape index (κ2) is 6.08. The first-order valence-corrected chi connectivity index (χ1v) is 10.2. The van der Waals surface area contributed by atoms with Crippen molar-refractivity contribution in [2.45, 2.75) is 30.1 Å². The summed E-state index contributed by atoms with van der Waals surface area (Å²) in [7, 11) is -3.71. The zero-order valence-electron chi connectivity index (χ0n) is 14.1. The lowest BCUT2D eigenvalue weighted by Gasteiger charge is -2.17. The molecule has 2 N–H and O–H groups in total. The summed E-state index contributed by atoms with van der Waals surface area (Å²) in [6, 6.07) is 9.34. The molecule has 0 aliphatic heterocycles. The van der Waals surface area contributed by atoms with Gasteiger partial charge in [-0.15, -0.1) is 0 Å². The van der Waals surface area contributed by atoms with Gasteiger partial charge in [0, 0.05) is 34.1 Å². The summed E-state index contributed by atoms with van der Waals surface area (Å²) < 4.78 is 41.3. The molecule has 1 fully saturated rings. The zero-order chi connectivity index (χ0) is 18.5. The summed E-state index contributed by atoms with van der Waals surface area (Å²) in [4.78, 5) is 3.34. The fraction of sp³-hybridized carbons (Fsp3) is 0.263. The molecule has 3 aromatic rings. The molecule has 4 rings (SSSR count). The predicted molar refractivity (Wildman–Crippen MR) is 101 cm³/mol. The standard InChI is InChI=1S/C19H18ClFN2O2S/c1-12-8-14(21)3-5-18(12)26(24,25)23-11-19(6-7-19)16-10-22-17-4-2-13(20)9-15(16)17/h2-5,8-10,22-23H,6-7,11H2,1H3. The maximum absolute atomic E-state index is 13.3. The Morgan fingerprint density at radius 2 is 2.00 bits per heavy atom. The van der Waals surface area contributed by atoms with E-state index in [9.17, 15) is 12.8 Å². The van der Waals surface area contributed by atoms with Gasteiger partial charge in [-0.3, -0.25) is 0 Å². The van der Waals surface area contributed by atoms with Gasteiger partial charge in [-0.2, -0.15) is 0 Å². The summed E-state index contributed by atoms with van der Waals surface area (Å²) in [6.07, 6.45) is 3.74. The summed E-state index contributed by atoms with van der Waals surface area (Å²) in [5.74, 6) is -0.448. The summed E-state index contributed by atoms with van der Waals surface area (Å²) >= 11 is 6.12. The number of rotatable bonds is 5. The largest absolute Gasteiger partial charge is 0.361 e. The molecule has 0 spiro atoms. The van der Waals surface area contributed by atoms with Crippen molar-refractivity contribution >= 4 is 32.5 Å². The molecule has 2 aromatic carbocycles. The molecule has 1 saturated carbocycles. The molecule has 1 heterocycles. The minimum absolute atomic E-state index is 0.108. The summed E-state index contributed by atoms with van der Waals surface area (Å²) in [6.45, 7) is 1.89. The number of aromatic nitrogens is 1. The van der Waals surface area contributed by atoms with Crippen LogP contribution in [0.5, 0.6) is 0 Å². The number of hydrogen-bond acceptors (Lipinski definition) is 2. The van der Waals surface area contributed by atoms with E-state index in [4.69, 9.17) is 11.6 Å². The molecule has 0 atom stereocenters. The lowest BCUT2D eigenvalue weighted by Crippen LogP contribution is -2.32. The Labute approximate surface area is 156 Å². The van der Waals surface area contributed by atoms with E-state index >= 15 is 0 Å². The lowest BCUT2D eigenvalue weighted by atomic mass is 9.96. The molecular formula is C19H18ClFN2O2S. The number of sulfonamides is 1. The third-order valence-corrected chi connectivity index (χ3v) is 6.89. The molecule has 0 amide bonds. The predicted octanol–water partition coefficient (Wildman–Crippen LogP) is 4.28. The van der Waals surface area contributed by atoms with Crippen LogP contribution in [-0.4, -0.2) is 19.9 Å². The maximum atomic E-state index is 13.3. The molecule has 1 aliphatic carbocycles. The van der Waals surface area contributed by atoms with Gasteiger partial charge in [0.2, 0.25) is 10.0 Å². The Balaban J connectivity index is 1.61. The highest BCUT2D eigenvalue weighted by Crippen LogP contribution is 2.50. The Morgan fingerprint density at radius 1 is 1.23 bits per heavy atom. The molecule has 0 radical (unpaired) electrons. The van der Waals surface area contributed by atoms with E-state index in [1.54, 1.807) is 6.92 Å². The fourth-order valence-corrected chi connectivity index (χ4v) is 4.97. The van der Waals surface area contributed by atoms with Crippen molar-refractivity contribution in [3.05, 3.63) is 64.6 Å². The van der Waals surface area contributed by atoms with Crippen molar-refractivity contribution in [3.8, 4) is 0 Å². The van der Waals surface area contributed by atoms with Gasteiger partial charge in [0.15, 0.2) is 0 Å². The molecule has 1 aliphatic rings. The molecule has 26 heavy (non-hydrogen) atoms. The molecule has 7 heteroatoms. The number of halogens is 2. The molecular weight excluding hydrogens is 375 g/mol.